The van der Waals surface area contributed by atoms with Gasteiger partial charge in [0.05, 0.1) is 0 Å². The first-order valence-electron chi connectivity index (χ1n) is 2.07. The molecule has 0 heterocycles. The molecule has 0 fully saturated rings. The third kappa shape index (κ3) is 2.56. The zero-order chi connectivity index (χ0) is 7.65. The summed E-state index contributed by atoms with van der Waals surface area (Å²) in [5.41, 5.74) is -2.04. The molecule has 0 amide bonds. The summed E-state index contributed by atoms with van der Waals surface area (Å²) in [4.78, 5) is 9.69. The van der Waals surface area contributed by atoms with Crippen LogP contribution in [0.15, 0.2) is 0 Å². The third-order valence-corrected chi connectivity index (χ3v) is 1.93. The highest BCUT2D eigenvalue weighted by atomic mass is 31.2. The molecule has 0 bridgehead atoms. The van der Waals surface area contributed by atoms with Crippen molar-refractivity contribution in [2.45, 2.75) is 12.6 Å². The van der Waals surface area contributed by atoms with Crippen LogP contribution >= 0.6 is 7.76 Å². The van der Waals surface area contributed by atoms with Crippen LogP contribution in [0.5, 0.6) is 0 Å². The quantitative estimate of drug-likeness (QED) is 0.620. The summed E-state index contributed by atoms with van der Waals surface area (Å²) in [6.07, 6.45) is 0. The van der Waals surface area contributed by atoms with Gasteiger partial charge in [-0.25, -0.2) is 4.57 Å². The van der Waals surface area contributed by atoms with E-state index in [-0.39, 0.29) is 0 Å². The van der Waals surface area contributed by atoms with E-state index >= 15 is 0 Å². The van der Waals surface area contributed by atoms with Crippen LogP contribution in [0.25, 0.3) is 0 Å². The Bertz CT molecular complexity index is 162. The summed E-state index contributed by atoms with van der Waals surface area (Å²) in [7, 11) is -5.41. The van der Waals surface area contributed by atoms with Crippen LogP contribution < -0.4 is 0 Å². The van der Waals surface area contributed by atoms with Crippen LogP contribution in [0, 0.1) is 0 Å². The van der Waals surface area contributed by atoms with Gasteiger partial charge in [0.15, 0.2) is 5.66 Å². The number of aliphatic carboxylic acids is 1. The van der Waals surface area contributed by atoms with E-state index in [4.69, 9.17) is 5.11 Å². The van der Waals surface area contributed by atoms with Crippen molar-refractivity contribution in [1.82, 2.24) is 0 Å². The first kappa shape index (κ1) is 8.56. The molecule has 6 heteroatoms. The van der Waals surface area contributed by atoms with E-state index in [9.17, 15) is 17.8 Å². The highest BCUT2D eigenvalue weighted by Gasteiger charge is 2.34. The van der Waals surface area contributed by atoms with Crippen molar-refractivity contribution in [3.63, 3.8) is 0 Å². The molecule has 0 saturated heterocycles. The van der Waals surface area contributed by atoms with Crippen LogP contribution in [0.4, 0.5) is 8.39 Å². The van der Waals surface area contributed by atoms with Gasteiger partial charge in [0, 0.05) is 0 Å². The number of halogens is 2. The number of hydrogen-bond donors (Lipinski definition) is 1. The fourth-order valence-electron chi connectivity index (χ4n) is 0.129. The van der Waals surface area contributed by atoms with Gasteiger partial charge < -0.3 is 5.11 Å². The molecule has 0 rings (SSSR count). The molecule has 0 saturated carbocycles. The van der Waals surface area contributed by atoms with Gasteiger partial charge in [0.25, 0.3) is 0 Å². The Hall–Kier alpha value is -0.440. The molecule has 0 aliphatic heterocycles. The predicted octanol–water partition coefficient (Wildman–Crippen LogP) is 1.59. The monoisotopic (exact) mass is 158 g/mol. The van der Waals surface area contributed by atoms with E-state index < -0.39 is 19.4 Å². The van der Waals surface area contributed by atoms with Crippen LogP contribution in [-0.4, -0.2) is 16.7 Å². The molecule has 54 valence electrons. The van der Waals surface area contributed by atoms with Crippen molar-refractivity contribution < 1.29 is 22.9 Å². The van der Waals surface area contributed by atoms with Crippen molar-refractivity contribution in [2.24, 2.45) is 0 Å². The first-order valence-corrected chi connectivity index (χ1v) is 3.63. The maximum Gasteiger partial charge on any atom is 0.416 e. The molecule has 0 spiro atoms. The van der Waals surface area contributed by atoms with Gasteiger partial charge in [0.2, 0.25) is 0 Å². The lowest BCUT2D eigenvalue weighted by Crippen LogP contribution is -2.12. The molecule has 0 aromatic heterocycles. The van der Waals surface area contributed by atoms with Gasteiger partial charge in [0.1, 0.15) is 0 Å². The van der Waals surface area contributed by atoms with E-state index in [0.29, 0.717) is 6.92 Å². The fourth-order valence-corrected chi connectivity index (χ4v) is 0.386. The van der Waals surface area contributed by atoms with Crippen LogP contribution in [0.3, 0.4) is 0 Å². The van der Waals surface area contributed by atoms with Crippen molar-refractivity contribution in [3.05, 3.63) is 0 Å². The normalized spacial score (nSPS) is 15.0. The molecule has 1 N–H and O–H groups in total. The van der Waals surface area contributed by atoms with E-state index in [1.807, 2.05) is 0 Å². The molecule has 1 atom stereocenters. The highest BCUT2D eigenvalue weighted by Crippen LogP contribution is 2.53. The van der Waals surface area contributed by atoms with Gasteiger partial charge in [-0.2, -0.15) is 8.39 Å². The largest absolute Gasteiger partial charge is 0.481 e. The number of carboxylic acids is 1. The Kier molecular flexibility index (Phi) is 2.32. The Labute approximate surface area is 50.3 Å². The zero-order valence-corrected chi connectivity index (χ0v) is 5.44. The summed E-state index contributed by atoms with van der Waals surface area (Å²) < 4.78 is 32.7. The standard InChI is InChI=1S/C3H5F2O3P/c1-2(3(6)7)9(4,5)8/h2H,1H3,(H,6,7). The molecule has 9 heavy (non-hydrogen) atoms. The summed E-state index contributed by atoms with van der Waals surface area (Å²) in [6.45, 7) is 0.711. The molecule has 0 radical (unpaired) electrons. The molecular weight excluding hydrogens is 153 g/mol. The van der Waals surface area contributed by atoms with Crippen LogP contribution in [-0.2, 0) is 9.36 Å². The maximum absolute atomic E-state index is 11.5. The van der Waals surface area contributed by atoms with Crippen LogP contribution in [0.1, 0.15) is 6.92 Å². The molecule has 0 aromatic rings. The second kappa shape index (κ2) is 2.43. The SMILES string of the molecule is CC(C(=O)O)P(=O)(F)F. The highest BCUT2D eigenvalue weighted by molar-refractivity contribution is 7.54. The zero-order valence-electron chi connectivity index (χ0n) is 4.54. The average molecular weight is 158 g/mol. The predicted molar refractivity (Wildman–Crippen MR) is 26.9 cm³/mol. The smallest absolute Gasteiger partial charge is 0.416 e. The Morgan fingerprint density at radius 3 is 2.00 bits per heavy atom. The second-order valence-corrected chi connectivity index (χ2v) is 3.30. The van der Waals surface area contributed by atoms with Gasteiger partial charge in [-0.15, -0.1) is 0 Å². The Morgan fingerprint density at radius 1 is 1.67 bits per heavy atom. The molecule has 0 aliphatic rings. The number of carboxylic acid groups (broad SMARTS) is 1. The van der Waals surface area contributed by atoms with Gasteiger partial charge >= 0.3 is 13.7 Å². The second-order valence-electron chi connectivity index (χ2n) is 1.52. The van der Waals surface area contributed by atoms with Gasteiger partial charge in [-0.3, -0.25) is 4.79 Å². The summed E-state index contributed by atoms with van der Waals surface area (Å²) >= 11 is 0. The van der Waals surface area contributed by atoms with E-state index in [2.05, 4.69) is 0 Å². The lowest BCUT2D eigenvalue weighted by atomic mass is 10.5. The Balaban J connectivity index is 4.23. The Morgan fingerprint density at radius 2 is 2.00 bits per heavy atom. The fraction of sp³-hybridized carbons (Fsp3) is 0.667. The van der Waals surface area contributed by atoms with Crippen molar-refractivity contribution in [3.8, 4) is 0 Å². The molecule has 1 unspecified atom stereocenters. The number of hydrogen-bond acceptors (Lipinski definition) is 2. The average Bonchev–Trinajstić information content (AvgIpc) is 1.62. The maximum atomic E-state index is 11.5. The molecular formula is C3H5F2O3P. The van der Waals surface area contributed by atoms with Gasteiger partial charge in [-0.05, 0) is 6.92 Å². The number of carbonyl (C=O) groups is 1. The lowest BCUT2D eigenvalue weighted by molar-refractivity contribution is -0.136. The van der Waals surface area contributed by atoms with Gasteiger partial charge in [-0.1, -0.05) is 0 Å². The van der Waals surface area contributed by atoms with E-state index in [1.54, 1.807) is 0 Å². The number of rotatable bonds is 2. The minimum absolute atomic E-state index is 0.711. The van der Waals surface area contributed by atoms with E-state index in [0.717, 1.165) is 0 Å². The molecule has 3 nitrogen and oxygen atoms in total. The third-order valence-electron chi connectivity index (χ3n) is 0.808. The van der Waals surface area contributed by atoms with Crippen molar-refractivity contribution in [1.29, 1.82) is 0 Å². The minimum Gasteiger partial charge on any atom is -0.481 e. The summed E-state index contributed by atoms with van der Waals surface area (Å²) in [5.74, 6) is -1.73. The van der Waals surface area contributed by atoms with Crippen molar-refractivity contribution >= 4 is 13.7 Å². The summed E-state index contributed by atoms with van der Waals surface area (Å²) in [6, 6.07) is 0. The minimum atomic E-state index is -5.41. The van der Waals surface area contributed by atoms with E-state index in [1.165, 1.54) is 0 Å². The van der Waals surface area contributed by atoms with Crippen molar-refractivity contribution in [2.75, 3.05) is 0 Å². The van der Waals surface area contributed by atoms with Crippen LogP contribution in [0.2, 0.25) is 0 Å². The topological polar surface area (TPSA) is 54.4 Å². The molecule has 0 aliphatic carbocycles. The molecule has 0 aromatic carbocycles. The summed E-state index contributed by atoms with van der Waals surface area (Å²) in [5, 5.41) is 7.87. The lowest BCUT2D eigenvalue weighted by Gasteiger charge is -2.01. The first-order chi connectivity index (χ1) is 3.85.